The molecule has 27 heavy (non-hydrogen) atoms. The highest BCUT2D eigenvalue weighted by Crippen LogP contribution is 2.22. The van der Waals surface area contributed by atoms with Crippen LogP contribution in [0, 0.1) is 5.82 Å². The Balaban J connectivity index is 2.06. The summed E-state index contributed by atoms with van der Waals surface area (Å²) in [4.78, 5) is 31.6. The van der Waals surface area contributed by atoms with Crippen LogP contribution in [0.1, 0.15) is 36.1 Å². The van der Waals surface area contributed by atoms with Crippen LogP contribution in [0.4, 0.5) is 4.39 Å². The molecule has 0 aliphatic carbocycles. The fraction of sp³-hybridized carbons (Fsp3) is 0.250. The van der Waals surface area contributed by atoms with Gasteiger partial charge in [-0.1, -0.05) is 17.7 Å². The van der Waals surface area contributed by atoms with E-state index in [0.29, 0.717) is 28.3 Å². The Kier molecular flexibility index (Phi) is 5.28. The SMILES string of the molecule is CCn1c(C(C)N(C)C(=O)c2cccc(F)c2)nc2ccc(Cl)cc2c1=O. The van der Waals surface area contributed by atoms with Gasteiger partial charge in [0, 0.05) is 24.2 Å². The maximum absolute atomic E-state index is 13.5. The van der Waals surface area contributed by atoms with Crippen LogP contribution in [0.15, 0.2) is 47.3 Å². The molecule has 2 aromatic carbocycles. The Labute approximate surface area is 161 Å². The molecule has 0 N–H and O–H groups in total. The number of amides is 1. The highest BCUT2D eigenvalue weighted by molar-refractivity contribution is 6.31. The summed E-state index contributed by atoms with van der Waals surface area (Å²) in [6, 6.07) is 9.96. The van der Waals surface area contributed by atoms with E-state index in [1.807, 2.05) is 6.92 Å². The van der Waals surface area contributed by atoms with Crippen molar-refractivity contribution in [2.24, 2.45) is 0 Å². The number of fused-ring (bicyclic) bond motifs is 1. The normalized spacial score (nSPS) is 12.2. The zero-order valence-electron chi connectivity index (χ0n) is 15.2. The van der Waals surface area contributed by atoms with Crippen LogP contribution >= 0.6 is 11.6 Å². The molecule has 5 nitrogen and oxygen atoms in total. The van der Waals surface area contributed by atoms with Crippen molar-refractivity contribution in [3.05, 3.63) is 75.0 Å². The Morgan fingerprint density at radius 1 is 1.30 bits per heavy atom. The van der Waals surface area contributed by atoms with Crippen molar-refractivity contribution in [3.63, 3.8) is 0 Å². The minimum atomic E-state index is -0.492. The van der Waals surface area contributed by atoms with E-state index in [-0.39, 0.29) is 17.0 Å². The zero-order valence-corrected chi connectivity index (χ0v) is 16.0. The van der Waals surface area contributed by atoms with Crippen molar-refractivity contribution in [2.75, 3.05) is 7.05 Å². The molecule has 0 saturated carbocycles. The number of hydrogen-bond donors (Lipinski definition) is 0. The van der Waals surface area contributed by atoms with Gasteiger partial charge in [-0.3, -0.25) is 14.2 Å². The monoisotopic (exact) mass is 387 g/mol. The second kappa shape index (κ2) is 7.48. The number of nitrogens with zero attached hydrogens (tertiary/aromatic N) is 3. The molecule has 1 unspecified atom stereocenters. The molecule has 0 fully saturated rings. The predicted molar refractivity (Wildman–Crippen MR) is 104 cm³/mol. The summed E-state index contributed by atoms with van der Waals surface area (Å²) in [5, 5.41) is 0.891. The van der Waals surface area contributed by atoms with Crippen LogP contribution in [-0.4, -0.2) is 27.4 Å². The molecule has 1 atom stereocenters. The Morgan fingerprint density at radius 2 is 2.04 bits per heavy atom. The van der Waals surface area contributed by atoms with Gasteiger partial charge >= 0.3 is 0 Å². The average molecular weight is 388 g/mol. The van der Waals surface area contributed by atoms with E-state index in [9.17, 15) is 14.0 Å². The fourth-order valence-electron chi connectivity index (χ4n) is 3.01. The predicted octanol–water partition coefficient (Wildman–Crippen LogP) is 4.04. The molecule has 7 heteroatoms. The zero-order chi connectivity index (χ0) is 19.7. The highest BCUT2D eigenvalue weighted by atomic mass is 35.5. The lowest BCUT2D eigenvalue weighted by atomic mass is 10.1. The van der Waals surface area contributed by atoms with E-state index in [2.05, 4.69) is 4.98 Å². The van der Waals surface area contributed by atoms with Gasteiger partial charge in [0.2, 0.25) is 0 Å². The molecule has 0 saturated heterocycles. The third kappa shape index (κ3) is 3.57. The summed E-state index contributed by atoms with van der Waals surface area (Å²) < 4.78 is 15.0. The maximum Gasteiger partial charge on any atom is 0.261 e. The largest absolute Gasteiger partial charge is 0.332 e. The van der Waals surface area contributed by atoms with Crippen LogP contribution in [0.25, 0.3) is 10.9 Å². The minimum absolute atomic E-state index is 0.210. The Bertz CT molecular complexity index is 1080. The van der Waals surface area contributed by atoms with Gasteiger partial charge in [-0.15, -0.1) is 0 Å². The van der Waals surface area contributed by atoms with Gasteiger partial charge in [0.15, 0.2) is 0 Å². The summed E-state index contributed by atoms with van der Waals surface area (Å²) in [6.45, 7) is 4.02. The van der Waals surface area contributed by atoms with Crippen molar-refractivity contribution in [1.29, 1.82) is 0 Å². The summed E-state index contributed by atoms with van der Waals surface area (Å²) in [5.74, 6) is -0.368. The molecule has 3 aromatic rings. The molecule has 0 bridgehead atoms. The molecule has 0 aliphatic heterocycles. The van der Waals surface area contributed by atoms with Crippen molar-refractivity contribution >= 4 is 28.4 Å². The first-order valence-electron chi connectivity index (χ1n) is 8.56. The first-order valence-corrected chi connectivity index (χ1v) is 8.94. The van der Waals surface area contributed by atoms with Gasteiger partial charge in [0.1, 0.15) is 11.6 Å². The third-order valence-corrected chi connectivity index (χ3v) is 4.84. The molecule has 1 aromatic heterocycles. The number of carbonyl (C=O) groups excluding carboxylic acids is 1. The summed E-state index contributed by atoms with van der Waals surface area (Å²) in [6.07, 6.45) is 0. The second-order valence-corrected chi connectivity index (χ2v) is 6.72. The second-order valence-electron chi connectivity index (χ2n) is 6.28. The number of hydrogen-bond acceptors (Lipinski definition) is 3. The van der Waals surface area contributed by atoms with Crippen LogP contribution < -0.4 is 5.56 Å². The van der Waals surface area contributed by atoms with Crippen molar-refractivity contribution in [2.45, 2.75) is 26.4 Å². The van der Waals surface area contributed by atoms with Gasteiger partial charge in [-0.2, -0.15) is 0 Å². The molecular formula is C20H19ClFN3O2. The van der Waals surface area contributed by atoms with Gasteiger partial charge < -0.3 is 4.90 Å². The molecule has 0 radical (unpaired) electrons. The van der Waals surface area contributed by atoms with Gasteiger partial charge in [-0.25, -0.2) is 9.37 Å². The molecule has 0 aliphatic rings. The number of benzene rings is 2. The smallest absolute Gasteiger partial charge is 0.261 e. The van der Waals surface area contributed by atoms with Crippen LogP contribution in [0.5, 0.6) is 0 Å². The average Bonchev–Trinajstić information content (AvgIpc) is 2.66. The minimum Gasteiger partial charge on any atom is -0.332 e. The third-order valence-electron chi connectivity index (χ3n) is 4.61. The summed E-state index contributed by atoms with van der Waals surface area (Å²) in [7, 11) is 1.61. The summed E-state index contributed by atoms with van der Waals surface area (Å²) in [5.41, 5.74) is 0.545. The van der Waals surface area contributed by atoms with E-state index in [1.165, 1.54) is 27.7 Å². The number of halogens is 2. The number of aromatic nitrogens is 2. The molecule has 1 heterocycles. The van der Waals surface area contributed by atoms with Crippen molar-refractivity contribution in [1.82, 2.24) is 14.5 Å². The number of carbonyl (C=O) groups is 1. The van der Waals surface area contributed by atoms with Gasteiger partial charge in [-0.05, 0) is 50.2 Å². The molecule has 140 valence electrons. The molecular weight excluding hydrogens is 369 g/mol. The molecule has 3 rings (SSSR count). The maximum atomic E-state index is 13.5. The topological polar surface area (TPSA) is 55.2 Å². The van der Waals surface area contributed by atoms with Crippen LogP contribution in [0.3, 0.4) is 0 Å². The van der Waals surface area contributed by atoms with E-state index in [1.54, 1.807) is 38.2 Å². The highest BCUT2D eigenvalue weighted by Gasteiger charge is 2.24. The van der Waals surface area contributed by atoms with Crippen molar-refractivity contribution in [3.8, 4) is 0 Å². The van der Waals surface area contributed by atoms with E-state index in [4.69, 9.17) is 11.6 Å². The van der Waals surface area contributed by atoms with Crippen LogP contribution in [-0.2, 0) is 6.54 Å². The van der Waals surface area contributed by atoms with Crippen LogP contribution in [0.2, 0.25) is 5.02 Å². The molecule has 0 spiro atoms. The molecule has 1 amide bonds. The lowest BCUT2D eigenvalue weighted by Crippen LogP contribution is -2.35. The lowest BCUT2D eigenvalue weighted by Gasteiger charge is -2.27. The standard InChI is InChI=1S/C20H19ClFN3O2/c1-4-25-18(23-17-9-8-14(21)11-16(17)20(25)27)12(2)24(3)19(26)13-6-5-7-15(22)10-13/h5-12H,4H2,1-3H3. The number of rotatable bonds is 4. The quantitative estimate of drug-likeness (QED) is 0.678. The van der Waals surface area contributed by atoms with E-state index >= 15 is 0 Å². The Hall–Kier alpha value is -2.73. The summed E-state index contributed by atoms with van der Waals surface area (Å²) >= 11 is 6.00. The van der Waals surface area contributed by atoms with Gasteiger partial charge in [0.25, 0.3) is 11.5 Å². The van der Waals surface area contributed by atoms with Crippen molar-refractivity contribution < 1.29 is 9.18 Å². The first-order chi connectivity index (χ1) is 12.8. The Morgan fingerprint density at radius 3 is 2.70 bits per heavy atom. The van der Waals surface area contributed by atoms with E-state index in [0.717, 1.165) is 0 Å². The lowest BCUT2D eigenvalue weighted by molar-refractivity contribution is 0.0732. The fourth-order valence-corrected chi connectivity index (χ4v) is 3.18. The van der Waals surface area contributed by atoms with E-state index < -0.39 is 11.9 Å². The first kappa shape index (κ1) is 19.0. The van der Waals surface area contributed by atoms with Gasteiger partial charge in [0.05, 0.1) is 16.9 Å².